The van der Waals surface area contributed by atoms with Crippen LogP contribution in [-0.4, -0.2) is 40.6 Å². The predicted octanol–water partition coefficient (Wildman–Crippen LogP) is 2.98. The number of nitro groups is 1. The summed E-state index contributed by atoms with van der Waals surface area (Å²) in [6.07, 6.45) is 5.51. The van der Waals surface area contributed by atoms with Crippen molar-refractivity contribution in [1.82, 2.24) is 9.79 Å². The number of rotatable bonds is 13. The van der Waals surface area contributed by atoms with E-state index in [2.05, 4.69) is 6.92 Å². The van der Waals surface area contributed by atoms with Crippen molar-refractivity contribution >= 4 is 21.6 Å². The number of benzene rings is 1. The Labute approximate surface area is 165 Å². The Bertz CT molecular complexity index is 736. The fourth-order valence-electron chi connectivity index (χ4n) is 2.79. The fourth-order valence-corrected chi connectivity index (χ4v) is 4.51. The second-order valence-electron chi connectivity index (χ2n) is 6.70. The van der Waals surface area contributed by atoms with Crippen LogP contribution in [0.4, 0.5) is 5.69 Å². The molecule has 0 aliphatic carbocycles. The van der Waals surface area contributed by atoms with Crippen LogP contribution in [0.1, 0.15) is 57.9 Å². The number of nitrogens with one attached hydrogen (secondary N) is 1. The molecule has 0 saturated carbocycles. The minimum absolute atomic E-state index is 0.102. The summed E-state index contributed by atoms with van der Waals surface area (Å²) < 4.78 is 26.7. The zero-order valence-corrected chi connectivity index (χ0v) is 17.2. The zero-order valence-electron chi connectivity index (χ0n) is 16.3. The number of nitrogens with zero attached hydrogens (tertiary/aromatic N) is 2. The first-order valence-corrected chi connectivity index (χ1v) is 11.0. The molecule has 0 bridgehead atoms. The van der Waals surface area contributed by atoms with E-state index in [1.165, 1.54) is 36.7 Å². The number of non-ortho nitro benzene ring substituents is 1. The van der Waals surface area contributed by atoms with Crippen molar-refractivity contribution in [3.63, 3.8) is 0 Å². The highest BCUT2D eigenvalue weighted by Gasteiger charge is 2.31. The smallest absolute Gasteiger partial charge is 0.269 e. The van der Waals surface area contributed by atoms with Gasteiger partial charge >= 0.3 is 0 Å². The highest BCUT2D eigenvalue weighted by atomic mass is 32.2. The zero-order chi connectivity index (χ0) is 21.2. The molecule has 0 saturated heterocycles. The van der Waals surface area contributed by atoms with E-state index in [0.29, 0.717) is 12.0 Å². The first kappa shape index (κ1) is 24.0. The van der Waals surface area contributed by atoms with Crippen LogP contribution in [0.15, 0.2) is 24.3 Å². The number of hydroxylamine groups is 1. The van der Waals surface area contributed by atoms with Crippen molar-refractivity contribution < 1.29 is 23.3 Å². The molecular formula is C18H29N3O6S. The average molecular weight is 416 g/mol. The van der Waals surface area contributed by atoms with Crippen molar-refractivity contribution in [1.29, 1.82) is 0 Å². The molecule has 1 atom stereocenters. The Morgan fingerprint density at radius 1 is 1.18 bits per heavy atom. The van der Waals surface area contributed by atoms with Gasteiger partial charge in [0.25, 0.3) is 11.6 Å². The molecule has 0 aliphatic heterocycles. The molecule has 1 aromatic carbocycles. The normalized spacial score (nSPS) is 12.7. The van der Waals surface area contributed by atoms with Gasteiger partial charge in [-0.15, -0.1) is 0 Å². The maximum atomic E-state index is 12.8. The molecule has 0 aromatic heterocycles. The quantitative estimate of drug-likeness (QED) is 0.220. The maximum Gasteiger partial charge on any atom is 0.269 e. The van der Waals surface area contributed by atoms with E-state index < -0.39 is 26.9 Å². The Morgan fingerprint density at radius 3 is 2.29 bits per heavy atom. The molecule has 0 aliphatic rings. The SMILES string of the molecule is CCCCCCCCS(=O)(=O)N(Cc1ccc([N+](=O)[O-])cc1)[C@@H](C)C(=O)NO. The standard InChI is InChI=1S/C18H29N3O6S/c1-3-4-5-6-7-8-13-28(26,27)20(15(2)18(22)19-23)14-16-9-11-17(12-10-16)21(24)25/h9-12,15,23H,3-8,13-14H2,1-2H3,(H,19,22)/t15-/m0/s1. The summed E-state index contributed by atoms with van der Waals surface area (Å²) in [7, 11) is -3.77. The van der Waals surface area contributed by atoms with Crippen LogP contribution in [0.5, 0.6) is 0 Å². The summed E-state index contributed by atoms with van der Waals surface area (Å²) in [6, 6.07) is 4.35. The predicted molar refractivity (Wildman–Crippen MR) is 105 cm³/mol. The molecule has 9 nitrogen and oxygen atoms in total. The van der Waals surface area contributed by atoms with Gasteiger partial charge in [-0.25, -0.2) is 13.9 Å². The van der Waals surface area contributed by atoms with Crippen molar-refractivity contribution in [3.8, 4) is 0 Å². The highest BCUT2D eigenvalue weighted by Crippen LogP contribution is 2.19. The van der Waals surface area contributed by atoms with Crippen LogP contribution in [0, 0.1) is 10.1 Å². The fraction of sp³-hybridized carbons (Fsp3) is 0.611. The molecule has 0 unspecified atom stereocenters. The summed E-state index contributed by atoms with van der Waals surface area (Å²) in [5, 5.41) is 19.6. The Kier molecular flexibility index (Phi) is 10.0. The van der Waals surface area contributed by atoms with Gasteiger partial charge in [-0.3, -0.25) is 20.1 Å². The van der Waals surface area contributed by atoms with E-state index in [1.54, 1.807) is 0 Å². The van der Waals surface area contributed by atoms with Crippen molar-refractivity contribution in [3.05, 3.63) is 39.9 Å². The number of hydrogen-bond donors (Lipinski definition) is 2. The van der Waals surface area contributed by atoms with Crippen LogP contribution in [-0.2, 0) is 21.4 Å². The van der Waals surface area contributed by atoms with E-state index in [1.807, 2.05) is 0 Å². The van der Waals surface area contributed by atoms with Gasteiger partial charge in [0.15, 0.2) is 0 Å². The first-order valence-electron chi connectivity index (χ1n) is 9.39. The van der Waals surface area contributed by atoms with Crippen molar-refractivity contribution in [2.24, 2.45) is 0 Å². The molecule has 0 radical (unpaired) electrons. The van der Waals surface area contributed by atoms with Gasteiger partial charge in [0.1, 0.15) is 6.04 Å². The number of carbonyl (C=O) groups is 1. The monoisotopic (exact) mass is 415 g/mol. The van der Waals surface area contributed by atoms with Crippen LogP contribution in [0.3, 0.4) is 0 Å². The Hall–Kier alpha value is -2.04. The summed E-state index contributed by atoms with van der Waals surface area (Å²) in [5.41, 5.74) is 1.89. The molecule has 1 rings (SSSR count). The van der Waals surface area contributed by atoms with Crippen LogP contribution in [0.2, 0.25) is 0 Å². The molecule has 10 heteroatoms. The Balaban J connectivity index is 2.88. The summed E-state index contributed by atoms with van der Waals surface area (Å²) >= 11 is 0. The van der Waals surface area contributed by atoms with Gasteiger partial charge in [0.2, 0.25) is 10.0 Å². The summed E-state index contributed by atoms with van der Waals surface area (Å²) in [4.78, 5) is 22.0. The minimum atomic E-state index is -3.77. The topological polar surface area (TPSA) is 130 Å². The Morgan fingerprint density at radius 2 is 1.75 bits per heavy atom. The third kappa shape index (κ3) is 7.53. The molecule has 158 valence electrons. The van der Waals surface area contributed by atoms with Gasteiger partial charge in [-0.05, 0) is 18.9 Å². The lowest BCUT2D eigenvalue weighted by Gasteiger charge is -2.27. The minimum Gasteiger partial charge on any atom is -0.289 e. The second-order valence-corrected chi connectivity index (χ2v) is 8.75. The second kappa shape index (κ2) is 11.7. The molecule has 1 amide bonds. The molecule has 0 fully saturated rings. The van der Waals surface area contributed by atoms with E-state index in [-0.39, 0.29) is 18.0 Å². The lowest BCUT2D eigenvalue weighted by Crippen LogP contribution is -2.47. The van der Waals surface area contributed by atoms with Crippen LogP contribution < -0.4 is 5.48 Å². The summed E-state index contributed by atoms with van der Waals surface area (Å²) in [6.45, 7) is 3.37. The molecule has 1 aromatic rings. The van der Waals surface area contributed by atoms with Gasteiger partial charge in [0, 0.05) is 18.7 Å². The van der Waals surface area contributed by atoms with Crippen molar-refractivity contribution in [2.45, 2.75) is 65.0 Å². The van der Waals surface area contributed by atoms with Gasteiger partial charge in [0.05, 0.1) is 10.7 Å². The van der Waals surface area contributed by atoms with E-state index in [4.69, 9.17) is 5.21 Å². The highest BCUT2D eigenvalue weighted by molar-refractivity contribution is 7.89. The maximum absolute atomic E-state index is 12.8. The largest absolute Gasteiger partial charge is 0.289 e. The van der Waals surface area contributed by atoms with E-state index >= 15 is 0 Å². The molecule has 28 heavy (non-hydrogen) atoms. The van der Waals surface area contributed by atoms with Gasteiger partial charge in [-0.2, -0.15) is 4.31 Å². The molecule has 0 spiro atoms. The third-order valence-corrected chi connectivity index (χ3v) is 6.48. The molecular weight excluding hydrogens is 386 g/mol. The number of hydrogen-bond acceptors (Lipinski definition) is 6. The van der Waals surface area contributed by atoms with Gasteiger partial charge < -0.3 is 0 Å². The van der Waals surface area contributed by atoms with Crippen LogP contribution >= 0.6 is 0 Å². The third-order valence-electron chi connectivity index (χ3n) is 4.52. The number of amides is 1. The lowest BCUT2D eigenvalue weighted by molar-refractivity contribution is -0.384. The molecule has 0 heterocycles. The van der Waals surface area contributed by atoms with Crippen molar-refractivity contribution in [2.75, 3.05) is 5.75 Å². The number of nitro benzene ring substituents is 1. The summed E-state index contributed by atoms with van der Waals surface area (Å²) in [5.74, 6) is -0.941. The van der Waals surface area contributed by atoms with E-state index in [9.17, 15) is 23.3 Å². The lowest BCUT2D eigenvalue weighted by atomic mass is 10.1. The average Bonchev–Trinajstić information content (AvgIpc) is 2.67. The molecule has 2 N–H and O–H groups in total. The number of carbonyl (C=O) groups excluding carboxylic acids is 1. The van der Waals surface area contributed by atoms with E-state index in [0.717, 1.165) is 36.4 Å². The number of sulfonamides is 1. The first-order chi connectivity index (χ1) is 13.2. The van der Waals surface area contributed by atoms with Crippen LogP contribution in [0.25, 0.3) is 0 Å². The van der Waals surface area contributed by atoms with Gasteiger partial charge in [-0.1, -0.05) is 51.2 Å². The number of unbranched alkanes of at least 4 members (excludes halogenated alkanes) is 5.